The Morgan fingerprint density at radius 2 is 1.61 bits per heavy atom. The van der Waals surface area contributed by atoms with E-state index in [1.165, 1.54) is 0 Å². The van der Waals surface area contributed by atoms with Gasteiger partial charge in [0, 0.05) is 12.5 Å². The summed E-state index contributed by atoms with van der Waals surface area (Å²) in [5, 5.41) is 12.2. The van der Waals surface area contributed by atoms with Gasteiger partial charge in [-0.3, -0.25) is 0 Å². The van der Waals surface area contributed by atoms with Crippen LogP contribution in [0.15, 0.2) is 60.7 Å². The van der Waals surface area contributed by atoms with E-state index in [4.69, 9.17) is 16.3 Å². The van der Waals surface area contributed by atoms with Crippen LogP contribution >= 0.6 is 11.6 Å². The minimum atomic E-state index is -1.02. The standard InChI is InChI=1S/C18H20ClNO3/c19-17(21)12-16(11-14-7-3-1-4-8-14)20-18(22)23-13-15-9-5-2-6-10-15/h1-10,16-17,21H,11-13H2,(H,20,22)/t16-,17+/m0/s1. The third kappa shape index (κ3) is 6.72. The number of ether oxygens (including phenoxy) is 1. The number of alkyl carbamates (subject to hydrolysis) is 1. The molecule has 0 heterocycles. The Bertz CT molecular complexity index is 590. The highest BCUT2D eigenvalue weighted by atomic mass is 35.5. The lowest BCUT2D eigenvalue weighted by Gasteiger charge is -2.19. The SMILES string of the molecule is O=C(N[C@@H](Cc1ccccc1)C[C@@H](O)Cl)OCc1ccccc1. The summed E-state index contributed by atoms with van der Waals surface area (Å²) in [5.74, 6) is 0. The van der Waals surface area contributed by atoms with Gasteiger partial charge in [0.25, 0.3) is 0 Å². The number of benzene rings is 2. The number of hydrogen-bond acceptors (Lipinski definition) is 3. The van der Waals surface area contributed by atoms with Crippen molar-refractivity contribution in [2.45, 2.75) is 31.1 Å². The molecule has 0 radical (unpaired) electrons. The van der Waals surface area contributed by atoms with Gasteiger partial charge in [0.1, 0.15) is 12.2 Å². The van der Waals surface area contributed by atoms with Crippen molar-refractivity contribution in [3.8, 4) is 0 Å². The first-order chi connectivity index (χ1) is 11.1. The lowest BCUT2D eigenvalue weighted by molar-refractivity contribution is 0.132. The van der Waals surface area contributed by atoms with Crippen molar-refractivity contribution in [1.29, 1.82) is 0 Å². The lowest BCUT2D eigenvalue weighted by atomic mass is 10.0. The molecule has 0 aliphatic heterocycles. The van der Waals surface area contributed by atoms with Crippen molar-refractivity contribution < 1.29 is 14.6 Å². The van der Waals surface area contributed by atoms with E-state index >= 15 is 0 Å². The maximum atomic E-state index is 11.9. The molecule has 0 fully saturated rings. The molecule has 122 valence electrons. The number of aliphatic hydroxyl groups excluding tert-OH is 1. The fourth-order valence-corrected chi connectivity index (χ4v) is 2.47. The molecule has 4 nitrogen and oxygen atoms in total. The maximum Gasteiger partial charge on any atom is 0.407 e. The van der Waals surface area contributed by atoms with Crippen molar-refractivity contribution in [2.24, 2.45) is 0 Å². The summed E-state index contributed by atoms with van der Waals surface area (Å²) in [6, 6.07) is 18.9. The molecule has 1 amide bonds. The monoisotopic (exact) mass is 333 g/mol. The van der Waals surface area contributed by atoms with Gasteiger partial charge in [-0.15, -0.1) is 0 Å². The van der Waals surface area contributed by atoms with E-state index in [0.29, 0.717) is 6.42 Å². The number of carbonyl (C=O) groups excluding carboxylic acids is 1. The Morgan fingerprint density at radius 1 is 1.04 bits per heavy atom. The molecular formula is C18H20ClNO3. The first-order valence-corrected chi connectivity index (χ1v) is 7.90. The van der Waals surface area contributed by atoms with Crippen molar-refractivity contribution in [2.75, 3.05) is 0 Å². The summed E-state index contributed by atoms with van der Waals surface area (Å²) in [5.41, 5.74) is 0.955. The van der Waals surface area contributed by atoms with Crippen molar-refractivity contribution in [3.63, 3.8) is 0 Å². The zero-order valence-electron chi connectivity index (χ0n) is 12.7. The van der Waals surface area contributed by atoms with Crippen molar-refractivity contribution in [1.82, 2.24) is 5.32 Å². The number of carbonyl (C=O) groups is 1. The topological polar surface area (TPSA) is 58.6 Å². The first kappa shape index (κ1) is 17.3. The highest BCUT2D eigenvalue weighted by Gasteiger charge is 2.17. The largest absolute Gasteiger partial charge is 0.445 e. The van der Waals surface area contributed by atoms with Gasteiger partial charge in [0.05, 0.1) is 0 Å². The fourth-order valence-electron chi connectivity index (χ4n) is 2.26. The van der Waals surface area contributed by atoms with Crippen LogP contribution in [0.1, 0.15) is 17.5 Å². The van der Waals surface area contributed by atoms with Gasteiger partial charge in [-0.05, 0) is 17.5 Å². The van der Waals surface area contributed by atoms with Gasteiger partial charge in [-0.1, -0.05) is 72.3 Å². The second-order valence-electron chi connectivity index (χ2n) is 5.26. The summed E-state index contributed by atoms with van der Waals surface area (Å²) in [6.45, 7) is 0.203. The summed E-state index contributed by atoms with van der Waals surface area (Å²) in [4.78, 5) is 11.9. The molecule has 0 bridgehead atoms. The number of halogens is 1. The van der Waals surface area contributed by atoms with Crippen LogP contribution in [0.2, 0.25) is 0 Å². The minimum absolute atomic E-state index is 0.203. The van der Waals surface area contributed by atoms with E-state index < -0.39 is 11.7 Å². The quantitative estimate of drug-likeness (QED) is 0.763. The second kappa shape index (κ2) is 9.18. The van der Waals surface area contributed by atoms with E-state index in [9.17, 15) is 9.90 Å². The molecule has 2 aromatic rings. The summed E-state index contributed by atoms with van der Waals surface area (Å²) >= 11 is 5.66. The van der Waals surface area contributed by atoms with Crippen LogP contribution in [-0.4, -0.2) is 22.8 Å². The molecule has 0 unspecified atom stereocenters. The van der Waals surface area contributed by atoms with Gasteiger partial charge in [0.15, 0.2) is 0 Å². The molecule has 2 N–H and O–H groups in total. The molecule has 0 saturated heterocycles. The van der Waals surface area contributed by atoms with Gasteiger partial charge in [-0.2, -0.15) is 0 Å². The van der Waals surface area contributed by atoms with Crippen LogP contribution in [0.4, 0.5) is 4.79 Å². The molecule has 0 aromatic heterocycles. The number of rotatable bonds is 7. The Hall–Kier alpha value is -2.04. The average Bonchev–Trinajstić information content (AvgIpc) is 2.54. The number of nitrogens with one attached hydrogen (secondary N) is 1. The molecule has 0 aliphatic rings. The molecule has 0 spiro atoms. The van der Waals surface area contributed by atoms with E-state index in [-0.39, 0.29) is 19.1 Å². The number of alkyl halides is 1. The maximum absolute atomic E-state index is 11.9. The zero-order valence-corrected chi connectivity index (χ0v) is 13.4. The Morgan fingerprint density at radius 3 is 2.17 bits per heavy atom. The van der Waals surface area contributed by atoms with E-state index in [0.717, 1.165) is 11.1 Å². The van der Waals surface area contributed by atoms with Gasteiger partial charge >= 0.3 is 6.09 Å². The molecule has 2 atom stereocenters. The lowest BCUT2D eigenvalue weighted by Crippen LogP contribution is -2.38. The second-order valence-corrected chi connectivity index (χ2v) is 5.77. The molecule has 0 saturated carbocycles. The van der Waals surface area contributed by atoms with Crippen molar-refractivity contribution in [3.05, 3.63) is 71.8 Å². The third-order valence-corrected chi connectivity index (χ3v) is 3.52. The average molecular weight is 334 g/mol. The summed E-state index contributed by atoms with van der Waals surface area (Å²) in [7, 11) is 0. The smallest absolute Gasteiger partial charge is 0.407 e. The molecular weight excluding hydrogens is 314 g/mol. The predicted molar refractivity (Wildman–Crippen MR) is 90.2 cm³/mol. The van der Waals surface area contributed by atoms with Gasteiger partial charge in [0.2, 0.25) is 0 Å². The van der Waals surface area contributed by atoms with E-state index in [1.54, 1.807) is 0 Å². The molecule has 2 aromatic carbocycles. The van der Waals surface area contributed by atoms with E-state index in [1.807, 2.05) is 60.7 Å². The fraction of sp³-hybridized carbons (Fsp3) is 0.278. The van der Waals surface area contributed by atoms with Crippen LogP contribution in [0, 0.1) is 0 Å². The third-order valence-electron chi connectivity index (χ3n) is 3.34. The predicted octanol–water partition coefficient (Wildman–Crippen LogP) is 3.47. The highest BCUT2D eigenvalue weighted by molar-refractivity contribution is 6.19. The van der Waals surface area contributed by atoms with Crippen LogP contribution in [0.5, 0.6) is 0 Å². The van der Waals surface area contributed by atoms with Gasteiger partial charge in [-0.25, -0.2) is 4.79 Å². The minimum Gasteiger partial charge on any atom is -0.445 e. The van der Waals surface area contributed by atoms with Crippen LogP contribution in [0.3, 0.4) is 0 Å². The Kier molecular flexibility index (Phi) is 6.91. The molecule has 23 heavy (non-hydrogen) atoms. The zero-order chi connectivity index (χ0) is 16.5. The van der Waals surface area contributed by atoms with E-state index in [2.05, 4.69) is 5.32 Å². The molecule has 0 aliphatic carbocycles. The summed E-state index contributed by atoms with van der Waals surface area (Å²) < 4.78 is 5.20. The van der Waals surface area contributed by atoms with Crippen LogP contribution < -0.4 is 5.32 Å². The van der Waals surface area contributed by atoms with Crippen LogP contribution in [0.25, 0.3) is 0 Å². The number of hydrogen-bond donors (Lipinski definition) is 2. The normalized spacial score (nSPS) is 13.1. The first-order valence-electron chi connectivity index (χ1n) is 7.47. The summed E-state index contributed by atoms with van der Waals surface area (Å²) in [6.07, 6.45) is 0.300. The highest BCUT2D eigenvalue weighted by Crippen LogP contribution is 2.10. The Balaban J connectivity index is 1.87. The van der Waals surface area contributed by atoms with Crippen molar-refractivity contribution >= 4 is 17.7 Å². The number of aliphatic hydroxyl groups is 1. The Labute approximate surface area is 141 Å². The molecule has 2 rings (SSSR count). The molecule has 5 heteroatoms. The number of amides is 1. The van der Waals surface area contributed by atoms with Gasteiger partial charge < -0.3 is 15.2 Å². The van der Waals surface area contributed by atoms with Crippen LogP contribution in [-0.2, 0) is 17.8 Å².